The Bertz CT molecular complexity index is 1330. The van der Waals surface area contributed by atoms with Crippen molar-refractivity contribution >= 4 is 5.91 Å². The van der Waals surface area contributed by atoms with Crippen molar-refractivity contribution in [2.45, 2.75) is 25.7 Å². The van der Waals surface area contributed by atoms with E-state index in [-0.39, 0.29) is 17.3 Å². The van der Waals surface area contributed by atoms with Gasteiger partial charge in [0.25, 0.3) is 5.91 Å². The molecule has 0 radical (unpaired) electrons. The molecule has 2 aromatic heterocycles. The number of aryl methyl sites for hydroxylation is 1. The summed E-state index contributed by atoms with van der Waals surface area (Å²) in [5.41, 5.74) is 1.97. The van der Waals surface area contributed by atoms with Crippen molar-refractivity contribution < 1.29 is 22.7 Å². The molecule has 9 nitrogen and oxygen atoms in total. The Labute approximate surface area is 191 Å². The first kappa shape index (κ1) is 21.6. The van der Waals surface area contributed by atoms with E-state index in [4.69, 9.17) is 0 Å². The first-order valence-corrected chi connectivity index (χ1v) is 10.4. The molecule has 174 valence electrons. The summed E-state index contributed by atoms with van der Waals surface area (Å²) in [5.74, 6) is -0.210. The van der Waals surface area contributed by atoms with Crippen LogP contribution >= 0.6 is 0 Å². The zero-order valence-electron chi connectivity index (χ0n) is 17.8. The molecule has 34 heavy (non-hydrogen) atoms. The van der Waals surface area contributed by atoms with E-state index >= 15 is 0 Å². The number of halogens is 3. The van der Waals surface area contributed by atoms with Crippen LogP contribution in [0.1, 0.15) is 34.2 Å². The average Bonchev–Trinajstić information content (AvgIpc) is 3.45. The predicted molar refractivity (Wildman–Crippen MR) is 113 cm³/mol. The summed E-state index contributed by atoms with van der Waals surface area (Å²) in [5, 5.41) is 15.1. The van der Waals surface area contributed by atoms with Crippen molar-refractivity contribution in [3.8, 4) is 22.8 Å². The Morgan fingerprint density at radius 1 is 1.15 bits per heavy atom. The minimum Gasteiger partial charge on any atom is -0.405 e. The summed E-state index contributed by atoms with van der Waals surface area (Å²) in [7, 11) is 0. The van der Waals surface area contributed by atoms with Crippen LogP contribution in [-0.4, -0.2) is 53.9 Å². The highest BCUT2D eigenvalue weighted by atomic mass is 19.4. The van der Waals surface area contributed by atoms with Gasteiger partial charge in [-0.15, -0.1) is 13.2 Å². The first-order valence-electron chi connectivity index (χ1n) is 10.4. The monoisotopic (exact) mass is 469 g/mol. The molecule has 2 aromatic carbocycles. The van der Waals surface area contributed by atoms with Crippen LogP contribution in [0.5, 0.6) is 5.75 Å². The molecular formula is C22H18F3N7O2. The number of para-hydroxylation sites is 1. The Hall–Kier alpha value is -4.22. The van der Waals surface area contributed by atoms with E-state index in [1.807, 2.05) is 13.0 Å². The molecule has 1 unspecified atom stereocenters. The number of ether oxygens (including phenoxy) is 1. The summed E-state index contributed by atoms with van der Waals surface area (Å²) in [4.78, 5) is 20.8. The summed E-state index contributed by atoms with van der Waals surface area (Å²) >= 11 is 0. The topological polar surface area (TPSA) is 102 Å². The van der Waals surface area contributed by atoms with Gasteiger partial charge in [-0.2, -0.15) is 20.1 Å². The van der Waals surface area contributed by atoms with Gasteiger partial charge in [0, 0.05) is 6.54 Å². The van der Waals surface area contributed by atoms with Gasteiger partial charge in [-0.05, 0) is 37.6 Å². The zero-order chi connectivity index (χ0) is 23.9. The summed E-state index contributed by atoms with van der Waals surface area (Å²) in [6.45, 7) is 2.38. The molecule has 0 saturated carbocycles. The van der Waals surface area contributed by atoms with E-state index in [2.05, 4.69) is 30.1 Å². The van der Waals surface area contributed by atoms with Gasteiger partial charge in [0.2, 0.25) is 0 Å². The van der Waals surface area contributed by atoms with Gasteiger partial charge in [-0.1, -0.05) is 23.8 Å². The van der Waals surface area contributed by atoms with Crippen LogP contribution in [0, 0.1) is 6.92 Å². The third-order valence-electron chi connectivity index (χ3n) is 5.47. The van der Waals surface area contributed by atoms with Crippen LogP contribution in [0.4, 0.5) is 13.2 Å². The van der Waals surface area contributed by atoms with E-state index in [1.54, 1.807) is 23.1 Å². The minimum atomic E-state index is -4.85. The van der Waals surface area contributed by atoms with Gasteiger partial charge in [0.15, 0.2) is 5.82 Å². The standard InChI is InChI=1S/C22H18F3N7O2/c1-13-6-7-16(32-26-9-10-27-32)15(12-13)21(33)31-11-8-17(31)20-28-19(29-30-20)14-4-2-3-5-18(14)34-22(23,24)25/h2-7,9-10,12,17H,8,11H2,1H3,(H,28,29,30). The molecule has 12 heteroatoms. The highest BCUT2D eigenvalue weighted by Gasteiger charge is 2.38. The van der Waals surface area contributed by atoms with Crippen LogP contribution in [0.15, 0.2) is 54.9 Å². The molecule has 4 aromatic rings. The van der Waals surface area contributed by atoms with Gasteiger partial charge in [-0.25, -0.2) is 4.98 Å². The van der Waals surface area contributed by atoms with Gasteiger partial charge < -0.3 is 9.64 Å². The number of likely N-dealkylation sites (tertiary alicyclic amines) is 1. The maximum Gasteiger partial charge on any atom is 0.573 e. The lowest BCUT2D eigenvalue weighted by Crippen LogP contribution is -2.46. The fourth-order valence-electron chi connectivity index (χ4n) is 3.81. The fraction of sp³-hybridized carbons (Fsp3) is 0.227. The Morgan fingerprint density at radius 3 is 2.62 bits per heavy atom. The molecule has 0 spiro atoms. The Balaban J connectivity index is 1.42. The lowest BCUT2D eigenvalue weighted by Gasteiger charge is -2.39. The SMILES string of the molecule is Cc1ccc(-n2nccn2)c(C(=O)N2CCC2c2nc(-c3ccccc3OC(F)(F)F)n[nH]2)c1. The van der Waals surface area contributed by atoms with Crippen LogP contribution < -0.4 is 4.74 Å². The number of rotatable bonds is 5. The first-order chi connectivity index (χ1) is 16.3. The van der Waals surface area contributed by atoms with Crippen molar-refractivity contribution in [1.82, 2.24) is 35.1 Å². The number of aromatic nitrogens is 6. The average molecular weight is 469 g/mol. The van der Waals surface area contributed by atoms with Crippen LogP contribution in [0.2, 0.25) is 0 Å². The second-order valence-corrected chi connectivity index (χ2v) is 7.73. The van der Waals surface area contributed by atoms with Crippen molar-refractivity contribution in [2.24, 2.45) is 0 Å². The van der Waals surface area contributed by atoms with Crippen molar-refractivity contribution in [3.05, 3.63) is 71.8 Å². The maximum absolute atomic E-state index is 13.4. The summed E-state index contributed by atoms with van der Waals surface area (Å²) < 4.78 is 42.4. The van der Waals surface area contributed by atoms with E-state index in [1.165, 1.54) is 35.4 Å². The number of carbonyl (C=O) groups is 1. The second kappa shape index (κ2) is 8.28. The molecule has 5 rings (SSSR count). The van der Waals surface area contributed by atoms with E-state index in [0.29, 0.717) is 30.0 Å². The molecule has 1 fully saturated rings. The summed E-state index contributed by atoms with van der Waals surface area (Å²) in [6, 6.07) is 10.6. The van der Waals surface area contributed by atoms with Crippen LogP contribution in [-0.2, 0) is 0 Å². The Kier molecular flexibility index (Phi) is 5.27. The highest BCUT2D eigenvalue weighted by molar-refractivity contribution is 5.98. The number of H-pyrrole nitrogens is 1. The van der Waals surface area contributed by atoms with Crippen molar-refractivity contribution in [2.75, 3.05) is 6.54 Å². The van der Waals surface area contributed by atoms with E-state index in [0.717, 1.165) is 5.56 Å². The minimum absolute atomic E-state index is 0.0473. The van der Waals surface area contributed by atoms with E-state index in [9.17, 15) is 18.0 Å². The van der Waals surface area contributed by atoms with Gasteiger partial charge in [0.05, 0.1) is 35.2 Å². The van der Waals surface area contributed by atoms with Crippen molar-refractivity contribution in [3.63, 3.8) is 0 Å². The molecule has 0 bridgehead atoms. The lowest BCUT2D eigenvalue weighted by molar-refractivity contribution is -0.274. The number of alkyl halides is 3. The number of benzene rings is 2. The van der Waals surface area contributed by atoms with Crippen molar-refractivity contribution in [1.29, 1.82) is 0 Å². The molecule has 0 aliphatic carbocycles. The third kappa shape index (κ3) is 4.09. The molecular weight excluding hydrogens is 451 g/mol. The predicted octanol–water partition coefficient (Wildman–Crippen LogP) is 3.85. The Morgan fingerprint density at radius 2 is 1.91 bits per heavy atom. The molecule has 1 N–H and O–H groups in total. The maximum atomic E-state index is 13.4. The number of nitrogens with zero attached hydrogens (tertiary/aromatic N) is 6. The lowest BCUT2D eigenvalue weighted by atomic mass is 9.99. The number of hydrogen-bond donors (Lipinski definition) is 1. The van der Waals surface area contributed by atoms with E-state index < -0.39 is 18.2 Å². The van der Waals surface area contributed by atoms with Crippen LogP contribution in [0.3, 0.4) is 0 Å². The molecule has 1 aliphatic heterocycles. The number of amides is 1. The highest BCUT2D eigenvalue weighted by Crippen LogP contribution is 2.36. The third-order valence-corrected chi connectivity index (χ3v) is 5.47. The summed E-state index contributed by atoms with van der Waals surface area (Å²) in [6.07, 6.45) is -1.17. The molecule has 1 atom stereocenters. The smallest absolute Gasteiger partial charge is 0.405 e. The quantitative estimate of drug-likeness (QED) is 0.477. The zero-order valence-corrected chi connectivity index (χ0v) is 17.8. The normalized spacial score (nSPS) is 15.8. The largest absolute Gasteiger partial charge is 0.573 e. The second-order valence-electron chi connectivity index (χ2n) is 7.73. The fourth-order valence-corrected chi connectivity index (χ4v) is 3.81. The molecule has 3 heterocycles. The van der Waals surface area contributed by atoms with Gasteiger partial charge >= 0.3 is 6.36 Å². The molecule has 1 saturated heterocycles. The van der Waals surface area contributed by atoms with Gasteiger partial charge in [-0.3, -0.25) is 9.89 Å². The van der Waals surface area contributed by atoms with Gasteiger partial charge in [0.1, 0.15) is 11.6 Å². The number of hydrogen-bond acceptors (Lipinski definition) is 6. The molecule has 1 aliphatic rings. The van der Waals surface area contributed by atoms with Crippen LogP contribution in [0.25, 0.3) is 17.1 Å². The number of carbonyl (C=O) groups excluding carboxylic acids is 1. The number of nitrogens with one attached hydrogen (secondary N) is 1. The molecule has 1 amide bonds. The number of aromatic amines is 1.